The number of pyridine rings is 1. The van der Waals surface area contributed by atoms with Gasteiger partial charge in [-0.2, -0.15) is 0 Å². The number of carbonyl (C=O) groups excluding carboxylic acids is 1. The second-order valence-corrected chi connectivity index (χ2v) is 6.30. The lowest BCUT2D eigenvalue weighted by atomic mass is 9.99. The summed E-state index contributed by atoms with van der Waals surface area (Å²) in [5.74, 6) is -0.0207. The Hall–Kier alpha value is -1.33. The number of hydrogen-bond acceptors (Lipinski definition) is 4. The fraction of sp³-hybridized carbons (Fsp3) is 0.571. The lowest BCUT2D eigenvalue weighted by Crippen LogP contribution is -2.27. The van der Waals surface area contributed by atoms with Crippen LogP contribution in [0.1, 0.15) is 46.3 Å². The highest BCUT2D eigenvalue weighted by molar-refractivity contribution is 6.29. The van der Waals surface area contributed by atoms with E-state index in [1.54, 1.807) is 26.8 Å². The Bertz CT molecular complexity index is 484. The van der Waals surface area contributed by atoms with Gasteiger partial charge in [0.15, 0.2) is 0 Å². The Morgan fingerprint density at radius 3 is 2.55 bits per heavy atom. The quantitative estimate of drug-likeness (QED) is 0.834. The minimum absolute atomic E-state index is 0.0207. The molecule has 0 bridgehead atoms. The van der Waals surface area contributed by atoms with Gasteiger partial charge in [0.05, 0.1) is 18.0 Å². The molecule has 112 valence electrons. The molecule has 1 aromatic heterocycles. The van der Waals surface area contributed by atoms with Crippen molar-refractivity contribution in [2.45, 2.75) is 46.3 Å². The summed E-state index contributed by atoms with van der Waals surface area (Å²) in [6.45, 7) is 9.07. The van der Waals surface area contributed by atoms with E-state index in [-0.39, 0.29) is 11.1 Å². The Balaban J connectivity index is 2.98. The molecule has 0 aliphatic heterocycles. The predicted molar refractivity (Wildman–Crippen MR) is 78.9 cm³/mol. The highest BCUT2D eigenvalue weighted by atomic mass is 35.5. The van der Waals surface area contributed by atoms with Crippen LogP contribution in [0.25, 0.3) is 0 Å². The van der Waals surface area contributed by atoms with Crippen molar-refractivity contribution in [2.75, 3.05) is 5.32 Å². The van der Waals surface area contributed by atoms with Crippen molar-refractivity contribution in [3.63, 3.8) is 0 Å². The number of anilines is 1. The first-order valence-corrected chi connectivity index (χ1v) is 6.81. The molecule has 6 heteroatoms. The first-order chi connectivity index (χ1) is 9.10. The van der Waals surface area contributed by atoms with Crippen LogP contribution in [0.5, 0.6) is 0 Å². The number of aliphatic hydroxyl groups is 1. The summed E-state index contributed by atoms with van der Waals surface area (Å²) in [5.41, 5.74) is 0.316. The molecule has 1 atom stereocenters. The van der Waals surface area contributed by atoms with Gasteiger partial charge in [-0.3, -0.25) is 5.32 Å². The number of nitrogens with zero attached hydrogens (tertiary/aromatic N) is 1. The van der Waals surface area contributed by atoms with Crippen molar-refractivity contribution in [3.05, 3.63) is 23.0 Å². The zero-order valence-electron chi connectivity index (χ0n) is 12.4. The summed E-state index contributed by atoms with van der Waals surface area (Å²) in [7, 11) is 0. The number of rotatable bonds is 3. The van der Waals surface area contributed by atoms with Crippen LogP contribution < -0.4 is 5.32 Å². The zero-order valence-corrected chi connectivity index (χ0v) is 13.2. The standard InChI is InChI=1S/C14H21ClN2O3/c1-8(2)12(18)9-6-11(15)16-7-10(9)17-13(19)20-14(3,4)5/h6-8,12,18H,1-5H3,(H,17,19). The van der Waals surface area contributed by atoms with Crippen LogP contribution in [-0.2, 0) is 4.74 Å². The Morgan fingerprint density at radius 2 is 2.05 bits per heavy atom. The molecular weight excluding hydrogens is 280 g/mol. The number of carbonyl (C=O) groups is 1. The summed E-state index contributed by atoms with van der Waals surface area (Å²) in [6, 6.07) is 1.54. The molecule has 0 fully saturated rings. The van der Waals surface area contributed by atoms with E-state index in [1.807, 2.05) is 13.8 Å². The van der Waals surface area contributed by atoms with Gasteiger partial charge in [-0.1, -0.05) is 25.4 Å². The largest absolute Gasteiger partial charge is 0.444 e. The predicted octanol–water partition coefficient (Wildman–Crippen LogP) is 3.77. The van der Waals surface area contributed by atoms with Gasteiger partial charge in [0.25, 0.3) is 0 Å². The van der Waals surface area contributed by atoms with E-state index in [0.29, 0.717) is 11.3 Å². The molecule has 2 N–H and O–H groups in total. The molecular formula is C14H21ClN2O3. The zero-order chi connectivity index (χ0) is 15.5. The van der Waals surface area contributed by atoms with Crippen LogP contribution in [0.4, 0.5) is 10.5 Å². The van der Waals surface area contributed by atoms with Crippen molar-refractivity contribution in [3.8, 4) is 0 Å². The van der Waals surface area contributed by atoms with Crippen molar-refractivity contribution in [1.82, 2.24) is 4.98 Å². The number of aromatic nitrogens is 1. The number of nitrogens with one attached hydrogen (secondary N) is 1. The Kier molecular flexibility index (Phi) is 5.36. The van der Waals surface area contributed by atoms with E-state index in [0.717, 1.165) is 0 Å². The number of aliphatic hydroxyl groups excluding tert-OH is 1. The minimum Gasteiger partial charge on any atom is -0.444 e. The Morgan fingerprint density at radius 1 is 1.45 bits per heavy atom. The maximum Gasteiger partial charge on any atom is 0.412 e. The molecule has 1 aromatic rings. The van der Waals surface area contributed by atoms with Gasteiger partial charge in [0, 0.05) is 5.56 Å². The summed E-state index contributed by atoms with van der Waals surface area (Å²) in [6.07, 6.45) is 0.0620. The smallest absolute Gasteiger partial charge is 0.412 e. The van der Waals surface area contributed by atoms with E-state index in [1.165, 1.54) is 6.20 Å². The average Bonchev–Trinajstić information content (AvgIpc) is 2.27. The van der Waals surface area contributed by atoms with Crippen LogP contribution in [-0.4, -0.2) is 21.8 Å². The lowest BCUT2D eigenvalue weighted by molar-refractivity contribution is 0.0635. The maximum atomic E-state index is 11.8. The SMILES string of the molecule is CC(C)C(O)c1cc(Cl)ncc1NC(=O)OC(C)(C)C. The topological polar surface area (TPSA) is 71.5 Å². The fourth-order valence-electron chi connectivity index (χ4n) is 1.57. The number of ether oxygens (including phenoxy) is 1. The van der Waals surface area contributed by atoms with Gasteiger partial charge in [-0.15, -0.1) is 0 Å². The van der Waals surface area contributed by atoms with E-state index in [4.69, 9.17) is 16.3 Å². The normalized spacial score (nSPS) is 13.2. The molecule has 20 heavy (non-hydrogen) atoms. The summed E-state index contributed by atoms with van der Waals surface area (Å²) < 4.78 is 5.17. The third-order valence-corrected chi connectivity index (χ3v) is 2.70. The van der Waals surface area contributed by atoms with Crippen molar-refractivity contribution in [2.24, 2.45) is 5.92 Å². The third kappa shape index (κ3) is 4.98. The molecule has 1 unspecified atom stereocenters. The molecule has 0 saturated carbocycles. The number of amides is 1. The molecule has 0 aliphatic rings. The van der Waals surface area contributed by atoms with Gasteiger partial charge in [0.1, 0.15) is 10.8 Å². The van der Waals surface area contributed by atoms with Gasteiger partial charge >= 0.3 is 6.09 Å². The van der Waals surface area contributed by atoms with E-state index < -0.39 is 17.8 Å². The van der Waals surface area contributed by atoms with Crippen LogP contribution in [0.3, 0.4) is 0 Å². The van der Waals surface area contributed by atoms with Crippen molar-refractivity contribution >= 4 is 23.4 Å². The first-order valence-electron chi connectivity index (χ1n) is 6.43. The highest BCUT2D eigenvalue weighted by Gasteiger charge is 2.21. The van der Waals surface area contributed by atoms with E-state index in [9.17, 15) is 9.90 Å². The van der Waals surface area contributed by atoms with Gasteiger partial charge in [-0.25, -0.2) is 9.78 Å². The van der Waals surface area contributed by atoms with Crippen LogP contribution in [0.15, 0.2) is 12.3 Å². The van der Waals surface area contributed by atoms with Gasteiger partial charge in [0.2, 0.25) is 0 Å². The molecule has 1 amide bonds. The molecule has 1 rings (SSSR count). The number of hydrogen-bond donors (Lipinski definition) is 2. The first kappa shape index (κ1) is 16.7. The van der Waals surface area contributed by atoms with Crippen LogP contribution in [0.2, 0.25) is 5.15 Å². The molecule has 0 saturated heterocycles. The average molecular weight is 301 g/mol. The maximum absolute atomic E-state index is 11.8. The van der Waals surface area contributed by atoms with Gasteiger partial charge in [-0.05, 0) is 32.8 Å². The lowest BCUT2D eigenvalue weighted by Gasteiger charge is -2.22. The summed E-state index contributed by atoms with van der Waals surface area (Å²) in [5, 5.41) is 13.0. The highest BCUT2D eigenvalue weighted by Crippen LogP contribution is 2.29. The molecule has 0 aromatic carbocycles. The second kappa shape index (κ2) is 6.41. The summed E-state index contributed by atoms with van der Waals surface area (Å²) >= 11 is 5.84. The Labute approximate surface area is 124 Å². The third-order valence-electron chi connectivity index (χ3n) is 2.49. The minimum atomic E-state index is -0.750. The van der Waals surface area contributed by atoms with Crippen LogP contribution >= 0.6 is 11.6 Å². The number of halogens is 1. The molecule has 5 nitrogen and oxygen atoms in total. The molecule has 1 heterocycles. The molecule has 0 radical (unpaired) electrons. The van der Waals surface area contributed by atoms with Crippen LogP contribution in [0, 0.1) is 5.92 Å². The molecule has 0 spiro atoms. The van der Waals surface area contributed by atoms with Crippen molar-refractivity contribution in [1.29, 1.82) is 0 Å². The summed E-state index contributed by atoms with van der Waals surface area (Å²) in [4.78, 5) is 15.7. The monoisotopic (exact) mass is 300 g/mol. The molecule has 0 aliphatic carbocycles. The second-order valence-electron chi connectivity index (χ2n) is 5.91. The fourth-order valence-corrected chi connectivity index (χ4v) is 1.73. The van der Waals surface area contributed by atoms with E-state index in [2.05, 4.69) is 10.3 Å². The van der Waals surface area contributed by atoms with E-state index >= 15 is 0 Å². The van der Waals surface area contributed by atoms with Crippen molar-refractivity contribution < 1.29 is 14.6 Å². The van der Waals surface area contributed by atoms with Gasteiger partial charge < -0.3 is 9.84 Å².